The number of pyridine rings is 1. The Labute approximate surface area is 174 Å². The summed E-state index contributed by atoms with van der Waals surface area (Å²) >= 11 is 0. The lowest BCUT2D eigenvalue weighted by atomic mass is 10.0. The second-order valence-corrected chi connectivity index (χ2v) is 10.2. The van der Waals surface area contributed by atoms with Gasteiger partial charge in [-0.25, -0.2) is 14.0 Å². The van der Waals surface area contributed by atoms with Crippen molar-refractivity contribution < 1.29 is 8.42 Å². The van der Waals surface area contributed by atoms with Gasteiger partial charge >= 0.3 is 0 Å². The molecule has 0 saturated heterocycles. The van der Waals surface area contributed by atoms with Crippen molar-refractivity contribution in [3.63, 3.8) is 0 Å². The molecule has 4 aromatic rings. The van der Waals surface area contributed by atoms with Gasteiger partial charge in [-0.1, -0.05) is 6.92 Å². The van der Waals surface area contributed by atoms with E-state index in [9.17, 15) is 8.42 Å². The molecule has 0 aromatic carbocycles. The molecule has 0 spiro atoms. The Morgan fingerprint density at radius 2 is 1.79 bits per heavy atom. The van der Waals surface area contributed by atoms with Crippen LogP contribution in [0.4, 0.5) is 0 Å². The van der Waals surface area contributed by atoms with E-state index < -0.39 is 21.6 Å². The van der Waals surface area contributed by atoms with Crippen LogP contribution < -0.4 is 0 Å². The average molecular weight is 430 g/mol. The van der Waals surface area contributed by atoms with Gasteiger partial charge < -0.3 is 0 Å². The van der Waals surface area contributed by atoms with Crippen LogP contribution in [0.15, 0.2) is 28.3 Å². The number of rotatable bonds is 4. The molecule has 0 saturated carbocycles. The molecular weight excluding hydrogens is 406 g/mol. The van der Waals surface area contributed by atoms with Gasteiger partial charge in [-0.05, 0) is 44.4 Å². The zero-order valence-corrected chi connectivity index (χ0v) is 18.9. The summed E-state index contributed by atoms with van der Waals surface area (Å²) in [6, 6.07) is 1.75. The summed E-state index contributed by atoms with van der Waals surface area (Å²) < 4.78 is 28.4. The molecule has 7 nitrogen and oxygen atoms in total. The van der Waals surface area contributed by atoms with Gasteiger partial charge in [0.25, 0.3) is 0 Å². The third kappa shape index (κ3) is 3.03. The lowest BCUT2D eigenvalue weighted by Crippen LogP contribution is -2.03. The van der Waals surface area contributed by atoms with E-state index in [0.717, 1.165) is 16.8 Å². The monoisotopic (exact) mass is 429 g/mol. The van der Waals surface area contributed by atoms with E-state index >= 15 is 0 Å². The highest BCUT2D eigenvalue weighted by Gasteiger charge is 2.25. The molecule has 0 radical (unpaired) electrons. The van der Waals surface area contributed by atoms with Gasteiger partial charge in [-0.15, -0.1) is 0 Å². The Morgan fingerprint density at radius 3 is 2.45 bits per heavy atom. The van der Waals surface area contributed by atoms with Crippen molar-refractivity contribution in [3.8, 4) is 11.4 Å². The Bertz CT molecular complexity index is 1340. The zero-order valence-electron chi connectivity index (χ0n) is 17.3. The predicted octanol–water partition coefficient (Wildman–Crippen LogP) is 3.14. The number of fused-ring (bicyclic) bond motifs is 2. The maximum absolute atomic E-state index is 13.1. The van der Waals surface area contributed by atoms with Crippen LogP contribution in [0.25, 0.3) is 22.6 Å². The quantitative estimate of drug-likeness (QED) is 0.498. The minimum Gasteiger partial charge on any atom is -0.255 e. The fourth-order valence-corrected chi connectivity index (χ4v) is 5.10. The fraction of sp³-hybridized carbons (Fsp3) is 0.350. The molecule has 2 unspecified atom stereocenters. The van der Waals surface area contributed by atoms with E-state index in [1.54, 1.807) is 29.2 Å². The molecule has 4 aromatic heterocycles. The van der Waals surface area contributed by atoms with E-state index in [0.29, 0.717) is 32.6 Å². The van der Waals surface area contributed by atoms with Gasteiger partial charge in [0.15, 0.2) is 5.65 Å². The van der Waals surface area contributed by atoms with Crippen molar-refractivity contribution in [2.45, 2.75) is 44.4 Å². The van der Waals surface area contributed by atoms with Gasteiger partial charge in [0, 0.05) is 23.8 Å². The van der Waals surface area contributed by atoms with Crippen LogP contribution in [0.1, 0.15) is 29.3 Å². The van der Waals surface area contributed by atoms with Crippen LogP contribution >= 0.6 is 0 Å². The first-order chi connectivity index (χ1) is 13.7. The van der Waals surface area contributed by atoms with Crippen LogP contribution in [0.2, 0.25) is 0 Å². The molecule has 0 aliphatic carbocycles. The number of nitrogens with zero attached hydrogens (tertiary/aromatic N) is 5. The maximum atomic E-state index is 13.1. The molecule has 0 aliphatic heterocycles. The van der Waals surface area contributed by atoms with E-state index in [-0.39, 0.29) is 0 Å². The predicted molar refractivity (Wildman–Crippen MR) is 115 cm³/mol. The van der Waals surface area contributed by atoms with Crippen molar-refractivity contribution in [2.24, 2.45) is 0 Å². The smallest absolute Gasteiger partial charge is 0.155 e. The molecule has 0 aliphatic rings. The van der Waals surface area contributed by atoms with Gasteiger partial charge in [0.2, 0.25) is 0 Å². The van der Waals surface area contributed by atoms with Gasteiger partial charge in [0.05, 0.1) is 49.3 Å². The van der Waals surface area contributed by atoms with Crippen molar-refractivity contribution in [1.82, 2.24) is 24.2 Å². The van der Waals surface area contributed by atoms with E-state index in [4.69, 9.17) is 5.10 Å². The number of hydrogen-bond donors (Lipinski definition) is 0. The Balaban J connectivity index is 2.07. The second kappa shape index (κ2) is 7.14. The summed E-state index contributed by atoms with van der Waals surface area (Å²) in [4.78, 5) is 5.98. The molecule has 0 N–H and O–H groups in total. The van der Waals surface area contributed by atoms with Crippen molar-refractivity contribution >= 4 is 32.8 Å². The summed E-state index contributed by atoms with van der Waals surface area (Å²) in [5, 5.41) is 9.14. The third-order valence-corrected chi connectivity index (χ3v) is 7.80. The van der Waals surface area contributed by atoms with Crippen molar-refractivity contribution in [3.05, 3.63) is 40.8 Å². The molecule has 4 rings (SSSR count). The zero-order chi connectivity index (χ0) is 21.0. The maximum Gasteiger partial charge on any atom is 0.155 e. The number of hydrogen-bond acceptors (Lipinski definition) is 5. The first kappa shape index (κ1) is 19.9. The molecule has 0 amide bonds. The molecule has 0 bridgehead atoms. The Morgan fingerprint density at radius 1 is 1.07 bits per heavy atom. The van der Waals surface area contributed by atoms with Gasteiger partial charge in [0.1, 0.15) is 11.4 Å². The number of aryl methyl sites for hydroxylation is 2. The van der Waals surface area contributed by atoms with Crippen molar-refractivity contribution in [1.29, 1.82) is 0 Å². The highest BCUT2D eigenvalue weighted by molar-refractivity contribution is 7.85. The summed E-state index contributed by atoms with van der Waals surface area (Å²) in [5.74, 6) is 0.490. The lowest BCUT2D eigenvalue weighted by Gasteiger charge is -2.12. The number of imidazole rings is 1. The molecule has 2 atom stereocenters. The van der Waals surface area contributed by atoms with Crippen molar-refractivity contribution in [2.75, 3.05) is 12.0 Å². The lowest BCUT2D eigenvalue weighted by molar-refractivity contribution is 0.684. The number of aromatic nitrogens is 5. The second-order valence-electron chi connectivity index (χ2n) is 7.11. The summed E-state index contributed by atoms with van der Waals surface area (Å²) in [6.45, 7) is 10.1. The van der Waals surface area contributed by atoms with Crippen LogP contribution in [-0.2, 0) is 21.6 Å². The van der Waals surface area contributed by atoms with E-state index in [1.807, 2.05) is 25.3 Å². The Hall–Kier alpha value is -2.39. The SMILES string of the molecule is CCS(=O)c1c(-c2cn3ncc(S(C)=O)cc3n2)nn2c(C)c(C)c(C)c(C)c12. The highest BCUT2D eigenvalue weighted by atomic mass is 32.2. The van der Waals surface area contributed by atoms with Crippen LogP contribution in [-0.4, -0.2) is 44.6 Å². The normalized spacial score (nSPS) is 14.0. The summed E-state index contributed by atoms with van der Waals surface area (Å²) in [6.07, 6.45) is 4.96. The minimum atomic E-state index is -1.21. The molecular formula is C20H23N5O2S2. The molecule has 0 fully saturated rings. The van der Waals surface area contributed by atoms with Gasteiger partial charge in [-0.3, -0.25) is 8.42 Å². The topological polar surface area (TPSA) is 81.6 Å². The Kier molecular flexibility index (Phi) is 4.90. The molecule has 152 valence electrons. The summed E-state index contributed by atoms with van der Waals surface area (Å²) in [5.41, 5.74) is 7.13. The van der Waals surface area contributed by atoms with Crippen LogP contribution in [0.3, 0.4) is 0 Å². The first-order valence-corrected chi connectivity index (χ1v) is 12.2. The fourth-order valence-electron chi connectivity index (χ4n) is 3.52. The summed E-state index contributed by atoms with van der Waals surface area (Å²) in [7, 11) is -2.36. The third-order valence-electron chi connectivity index (χ3n) is 5.54. The largest absolute Gasteiger partial charge is 0.255 e. The molecule has 4 heterocycles. The van der Waals surface area contributed by atoms with E-state index in [2.05, 4.69) is 23.9 Å². The molecule has 29 heavy (non-hydrogen) atoms. The van der Waals surface area contributed by atoms with Gasteiger partial charge in [-0.2, -0.15) is 10.2 Å². The highest BCUT2D eigenvalue weighted by Crippen LogP contribution is 2.34. The van der Waals surface area contributed by atoms with Crippen LogP contribution in [0.5, 0.6) is 0 Å². The minimum absolute atomic E-state index is 0.490. The van der Waals surface area contributed by atoms with E-state index in [1.165, 1.54) is 11.1 Å². The standard InChI is InChI=1S/C20H23N5O2S2/c1-7-29(27)20-18(23-25-14(5)12(3)11(2)13(4)19(20)25)16-10-24-17(22-16)8-15(9-21-24)28(6)26/h8-10H,7H2,1-6H3. The van der Waals surface area contributed by atoms with Crippen LogP contribution in [0, 0.1) is 27.7 Å². The molecule has 9 heteroatoms. The first-order valence-electron chi connectivity index (χ1n) is 9.31. The average Bonchev–Trinajstić information content (AvgIpc) is 3.30.